The van der Waals surface area contributed by atoms with Gasteiger partial charge in [0.15, 0.2) is 11.6 Å². The van der Waals surface area contributed by atoms with E-state index in [0.717, 1.165) is 6.20 Å². The van der Waals surface area contributed by atoms with Gasteiger partial charge in [0.25, 0.3) is 0 Å². The Kier molecular flexibility index (Phi) is 2.70. The second kappa shape index (κ2) is 4.00. The van der Waals surface area contributed by atoms with Gasteiger partial charge in [-0.1, -0.05) is 6.42 Å². The van der Waals surface area contributed by atoms with Crippen molar-refractivity contribution in [1.82, 2.24) is 9.97 Å². The zero-order chi connectivity index (χ0) is 10.8. The fraction of sp³-hybridized carbons (Fsp3) is 0.600. The lowest BCUT2D eigenvalue weighted by atomic mass is 9.80. The van der Waals surface area contributed by atoms with Crippen molar-refractivity contribution in [2.75, 3.05) is 11.1 Å². The molecule has 1 aromatic heterocycles. The van der Waals surface area contributed by atoms with Gasteiger partial charge >= 0.3 is 0 Å². The average Bonchev–Trinajstić information content (AvgIpc) is 2.08. The Labute approximate surface area is 88.1 Å². The third kappa shape index (κ3) is 2.16. The van der Waals surface area contributed by atoms with E-state index < -0.39 is 5.82 Å². The molecule has 0 bridgehead atoms. The maximum atomic E-state index is 13.3. The molecule has 3 N–H and O–H groups in total. The normalized spacial score (nSPS) is 18.3. The number of anilines is 2. The van der Waals surface area contributed by atoms with Gasteiger partial charge < -0.3 is 11.1 Å². The molecule has 0 spiro atoms. The second-order valence-electron chi connectivity index (χ2n) is 4.05. The van der Waals surface area contributed by atoms with Crippen molar-refractivity contribution in [1.29, 1.82) is 0 Å². The smallest absolute Gasteiger partial charge is 0.222 e. The van der Waals surface area contributed by atoms with Crippen LogP contribution in [0.2, 0.25) is 0 Å². The molecule has 0 aliphatic heterocycles. The zero-order valence-corrected chi connectivity index (χ0v) is 8.70. The summed E-state index contributed by atoms with van der Waals surface area (Å²) >= 11 is 0. The van der Waals surface area contributed by atoms with Crippen molar-refractivity contribution in [2.45, 2.75) is 32.2 Å². The molecule has 15 heavy (non-hydrogen) atoms. The van der Waals surface area contributed by atoms with Crippen molar-refractivity contribution in [3.8, 4) is 0 Å². The van der Waals surface area contributed by atoms with E-state index >= 15 is 0 Å². The summed E-state index contributed by atoms with van der Waals surface area (Å²) in [5.74, 6) is 0.484. The lowest BCUT2D eigenvalue weighted by Crippen LogP contribution is -2.31. The number of hydrogen-bond acceptors (Lipinski definition) is 4. The van der Waals surface area contributed by atoms with Gasteiger partial charge in [-0.25, -0.2) is 9.37 Å². The number of nitrogens with one attached hydrogen (secondary N) is 1. The van der Waals surface area contributed by atoms with E-state index in [0.29, 0.717) is 5.92 Å². The monoisotopic (exact) mass is 210 g/mol. The van der Waals surface area contributed by atoms with Crippen LogP contribution in [-0.4, -0.2) is 16.0 Å². The molecule has 1 atom stereocenters. The Bertz CT molecular complexity index is 351. The molecule has 1 unspecified atom stereocenters. The van der Waals surface area contributed by atoms with Gasteiger partial charge in [-0.3, -0.25) is 0 Å². The molecular formula is C10H15FN4. The molecule has 1 aliphatic carbocycles. The second-order valence-corrected chi connectivity index (χ2v) is 4.05. The molecule has 1 aliphatic rings. The highest BCUT2D eigenvalue weighted by Crippen LogP contribution is 2.31. The minimum absolute atomic E-state index is 0.0970. The average molecular weight is 210 g/mol. The molecular weight excluding hydrogens is 195 g/mol. The van der Waals surface area contributed by atoms with Gasteiger partial charge in [-0.15, -0.1) is 0 Å². The van der Waals surface area contributed by atoms with Crippen LogP contribution in [0.15, 0.2) is 6.20 Å². The Morgan fingerprint density at radius 1 is 1.60 bits per heavy atom. The molecule has 0 saturated heterocycles. The van der Waals surface area contributed by atoms with Crippen LogP contribution in [-0.2, 0) is 0 Å². The fourth-order valence-corrected chi connectivity index (χ4v) is 1.76. The number of nitrogens with zero attached hydrogens (tertiary/aromatic N) is 2. The Balaban J connectivity index is 2.05. The molecule has 0 amide bonds. The number of hydrogen-bond donors (Lipinski definition) is 2. The third-order valence-corrected chi connectivity index (χ3v) is 2.98. The highest BCUT2D eigenvalue weighted by atomic mass is 19.1. The van der Waals surface area contributed by atoms with E-state index in [1.54, 1.807) is 0 Å². The first kappa shape index (κ1) is 10.1. The lowest BCUT2D eigenvalue weighted by Gasteiger charge is -2.32. The largest absolute Gasteiger partial charge is 0.368 e. The molecule has 4 nitrogen and oxygen atoms in total. The third-order valence-electron chi connectivity index (χ3n) is 2.98. The number of rotatable bonds is 3. The van der Waals surface area contributed by atoms with E-state index in [1.807, 2.05) is 6.92 Å². The summed E-state index contributed by atoms with van der Waals surface area (Å²) in [6, 6.07) is 0.238. The summed E-state index contributed by atoms with van der Waals surface area (Å²) in [5, 5.41) is 3.05. The number of nitrogen functional groups attached to an aromatic ring is 1. The highest BCUT2D eigenvalue weighted by Gasteiger charge is 2.24. The van der Waals surface area contributed by atoms with Gasteiger partial charge in [-0.05, 0) is 25.7 Å². The summed E-state index contributed by atoms with van der Waals surface area (Å²) in [5.41, 5.74) is 5.40. The van der Waals surface area contributed by atoms with Crippen molar-refractivity contribution in [3.63, 3.8) is 0 Å². The maximum absolute atomic E-state index is 13.3. The van der Waals surface area contributed by atoms with Crippen LogP contribution >= 0.6 is 0 Å². The first-order valence-electron chi connectivity index (χ1n) is 5.21. The summed E-state index contributed by atoms with van der Waals surface area (Å²) in [7, 11) is 0. The van der Waals surface area contributed by atoms with E-state index in [2.05, 4.69) is 15.3 Å². The lowest BCUT2D eigenvalue weighted by molar-refractivity contribution is 0.284. The first-order valence-corrected chi connectivity index (χ1v) is 5.21. The molecule has 1 saturated carbocycles. The van der Waals surface area contributed by atoms with E-state index in [-0.39, 0.29) is 17.8 Å². The highest BCUT2D eigenvalue weighted by molar-refractivity contribution is 5.40. The molecule has 82 valence electrons. The van der Waals surface area contributed by atoms with E-state index in [4.69, 9.17) is 5.73 Å². The molecule has 0 radical (unpaired) electrons. The number of halogens is 1. The van der Waals surface area contributed by atoms with Crippen LogP contribution in [0, 0.1) is 11.7 Å². The van der Waals surface area contributed by atoms with Crippen molar-refractivity contribution >= 4 is 11.8 Å². The van der Waals surface area contributed by atoms with Crippen LogP contribution in [0.25, 0.3) is 0 Å². The van der Waals surface area contributed by atoms with E-state index in [9.17, 15) is 4.39 Å². The summed E-state index contributed by atoms with van der Waals surface area (Å²) in [4.78, 5) is 7.41. The van der Waals surface area contributed by atoms with Crippen LogP contribution in [0.5, 0.6) is 0 Å². The quantitative estimate of drug-likeness (QED) is 0.798. The van der Waals surface area contributed by atoms with Crippen LogP contribution in [0.1, 0.15) is 26.2 Å². The summed E-state index contributed by atoms with van der Waals surface area (Å²) in [6.45, 7) is 2.04. The van der Waals surface area contributed by atoms with Gasteiger partial charge in [0.1, 0.15) is 0 Å². The molecule has 0 aromatic carbocycles. The molecule has 5 heteroatoms. The van der Waals surface area contributed by atoms with Crippen molar-refractivity contribution in [3.05, 3.63) is 12.0 Å². The predicted octanol–water partition coefficient (Wildman–Crippen LogP) is 1.80. The standard InChI is InChI=1S/C10H15FN4/c1-6(7-3-2-4-7)14-9-8(11)5-13-10(12)15-9/h5-7H,2-4H2,1H3,(H3,12,13,14,15). The summed E-state index contributed by atoms with van der Waals surface area (Å²) in [6.07, 6.45) is 4.77. The Morgan fingerprint density at radius 2 is 2.33 bits per heavy atom. The van der Waals surface area contributed by atoms with Crippen LogP contribution in [0.3, 0.4) is 0 Å². The predicted molar refractivity (Wildman–Crippen MR) is 56.8 cm³/mol. The first-order chi connectivity index (χ1) is 7.16. The SMILES string of the molecule is CC(Nc1nc(N)ncc1F)C1CCC1. The number of nitrogens with two attached hydrogens (primary N) is 1. The molecule has 1 heterocycles. The van der Waals surface area contributed by atoms with E-state index in [1.165, 1.54) is 19.3 Å². The van der Waals surface area contributed by atoms with Crippen LogP contribution < -0.4 is 11.1 Å². The minimum Gasteiger partial charge on any atom is -0.368 e. The van der Waals surface area contributed by atoms with Gasteiger partial charge in [-0.2, -0.15) is 4.98 Å². The van der Waals surface area contributed by atoms with Gasteiger partial charge in [0.2, 0.25) is 5.95 Å². The van der Waals surface area contributed by atoms with Gasteiger partial charge in [0, 0.05) is 6.04 Å². The Morgan fingerprint density at radius 3 is 2.93 bits per heavy atom. The summed E-state index contributed by atoms with van der Waals surface area (Å²) < 4.78 is 13.3. The van der Waals surface area contributed by atoms with Crippen molar-refractivity contribution < 1.29 is 4.39 Å². The Hall–Kier alpha value is -1.39. The van der Waals surface area contributed by atoms with Gasteiger partial charge in [0.05, 0.1) is 6.20 Å². The maximum Gasteiger partial charge on any atom is 0.222 e. The molecule has 1 aromatic rings. The van der Waals surface area contributed by atoms with Crippen LogP contribution in [0.4, 0.5) is 16.2 Å². The number of aromatic nitrogens is 2. The zero-order valence-electron chi connectivity index (χ0n) is 8.70. The molecule has 2 rings (SSSR count). The topological polar surface area (TPSA) is 63.8 Å². The molecule has 1 fully saturated rings. The fourth-order valence-electron chi connectivity index (χ4n) is 1.76. The van der Waals surface area contributed by atoms with Crippen molar-refractivity contribution in [2.24, 2.45) is 5.92 Å². The minimum atomic E-state index is -0.449.